The van der Waals surface area contributed by atoms with Gasteiger partial charge in [0.05, 0.1) is 23.2 Å². The molecule has 0 fully saturated rings. The molecule has 0 aliphatic carbocycles. The minimum absolute atomic E-state index is 0.0400. The second-order valence-electron chi connectivity index (χ2n) is 4.33. The van der Waals surface area contributed by atoms with Crippen molar-refractivity contribution in [1.29, 1.82) is 0 Å². The van der Waals surface area contributed by atoms with E-state index in [0.717, 1.165) is 24.2 Å². The number of anilines is 1. The summed E-state index contributed by atoms with van der Waals surface area (Å²) in [5, 5.41) is 4.19. The molecule has 1 heterocycles. The molecule has 0 amide bonds. The third-order valence-corrected chi connectivity index (χ3v) is 2.74. The molecular weight excluding hydrogens is 218 g/mol. The van der Waals surface area contributed by atoms with E-state index in [1.54, 1.807) is 4.68 Å². The van der Waals surface area contributed by atoms with Crippen LogP contribution in [0, 0.1) is 13.8 Å². The first-order valence-electron chi connectivity index (χ1n) is 5.94. The minimum atomic E-state index is -0.267. The van der Waals surface area contributed by atoms with Gasteiger partial charge in [0.15, 0.2) is 0 Å². The highest BCUT2D eigenvalue weighted by Crippen LogP contribution is 2.14. The molecule has 0 aliphatic heterocycles. The summed E-state index contributed by atoms with van der Waals surface area (Å²) in [5.41, 5.74) is 7.99. The Bertz CT molecular complexity index is 399. The van der Waals surface area contributed by atoms with Crippen molar-refractivity contribution in [1.82, 2.24) is 9.78 Å². The fourth-order valence-corrected chi connectivity index (χ4v) is 1.71. The molecule has 1 atom stereocenters. The number of aromatic nitrogens is 2. The van der Waals surface area contributed by atoms with Gasteiger partial charge >= 0.3 is 5.97 Å². The first kappa shape index (κ1) is 13.5. The molecule has 1 aromatic heterocycles. The number of nitrogen functional groups attached to an aromatic ring is 1. The Morgan fingerprint density at radius 3 is 2.65 bits per heavy atom. The number of carbonyl (C=O) groups excluding carboxylic acids is 1. The molecule has 0 aromatic carbocycles. The smallest absolute Gasteiger partial charge is 0.328 e. The molecule has 0 aliphatic rings. The Balaban J connectivity index is 2.59. The topological polar surface area (TPSA) is 70.1 Å². The molecule has 0 radical (unpaired) electrons. The van der Waals surface area contributed by atoms with E-state index < -0.39 is 0 Å². The van der Waals surface area contributed by atoms with Gasteiger partial charge in [-0.25, -0.2) is 0 Å². The number of hydrogen-bond donors (Lipinski definition) is 1. The highest BCUT2D eigenvalue weighted by atomic mass is 16.5. The van der Waals surface area contributed by atoms with Crippen LogP contribution in [0.2, 0.25) is 0 Å². The second kappa shape index (κ2) is 5.70. The van der Waals surface area contributed by atoms with E-state index in [1.165, 1.54) is 0 Å². The molecule has 5 heteroatoms. The van der Waals surface area contributed by atoms with Crippen LogP contribution < -0.4 is 5.73 Å². The predicted octanol–water partition coefficient (Wildman–Crippen LogP) is 1.81. The number of rotatable bonds is 5. The van der Waals surface area contributed by atoms with Crippen LogP contribution in [0.4, 0.5) is 5.69 Å². The second-order valence-corrected chi connectivity index (χ2v) is 4.33. The van der Waals surface area contributed by atoms with E-state index in [0.29, 0.717) is 5.69 Å². The first-order valence-corrected chi connectivity index (χ1v) is 5.94. The highest BCUT2D eigenvalue weighted by Gasteiger charge is 2.14. The van der Waals surface area contributed by atoms with Crippen molar-refractivity contribution < 1.29 is 9.53 Å². The van der Waals surface area contributed by atoms with E-state index in [1.807, 2.05) is 20.8 Å². The van der Waals surface area contributed by atoms with Crippen LogP contribution in [0.15, 0.2) is 0 Å². The van der Waals surface area contributed by atoms with Crippen LogP contribution in [0.3, 0.4) is 0 Å². The lowest BCUT2D eigenvalue weighted by Crippen LogP contribution is -2.20. The average molecular weight is 239 g/mol. The molecule has 1 rings (SSSR count). The molecule has 5 nitrogen and oxygen atoms in total. The van der Waals surface area contributed by atoms with Crippen LogP contribution in [0.1, 0.15) is 38.1 Å². The number of nitrogens with two attached hydrogens (primary N) is 1. The summed E-state index contributed by atoms with van der Waals surface area (Å²) in [6, 6.07) is 0. The number of aryl methyl sites for hydroxylation is 1. The summed E-state index contributed by atoms with van der Waals surface area (Å²) < 4.78 is 6.85. The number of nitrogens with zero attached hydrogens (tertiary/aromatic N) is 2. The van der Waals surface area contributed by atoms with Gasteiger partial charge in [-0.05, 0) is 27.2 Å². The third kappa shape index (κ3) is 3.47. The van der Waals surface area contributed by atoms with Crippen molar-refractivity contribution in [3.05, 3.63) is 11.4 Å². The van der Waals surface area contributed by atoms with Gasteiger partial charge in [0.2, 0.25) is 0 Å². The van der Waals surface area contributed by atoms with Gasteiger partial charge in [-0.2, -0.15) is 5.10 Å². The fourth-order valence-electron chi connectivity index (χ4n) is 1.71. The molecule has 0 bridgehead atoms. The van der Waals surface area contributed by atoms with E-state index in [9.17, 15) is 4.79 Å². The Morgan fingerprint density at radius 2 is 2.18 bits per heavy atom. The molecule has 0 saturated carbocycles. The molecule has 96 valence electrons. The van der Waals surface area contributed by atoms with Gasteiger partial charge in [-0.15, -0.1) is 0 Å². The van der Waals surface area contributed by atoms with Crippen molar-refractivity contribution in [3.63, 3.8) is 0 Å². The predicted molar refractivity (Wildman–Crippen MR) is 66.6 cm³/mol. The van der Waals surface area contributed by atoms with Gasteiger partial charge in [-0.3, -0.25) is 9.48 Å². The SMILES string of the molecule is CCCC(C)OC(=O)Cn1nc(C)c(N)c1C. The van der Waals surface area contributed by atoms with E-state index in [-0.39, 0.29) is 18.6 Å². The Morgan fingerprint density at radius 1 is 1.53 bits per heavy atom. The van der Waals surface area contributed by atoms with Crippen molar-refractivity contribution >= 4 is 11.7 Å². The summed E-state index contributed by atoms with van der Waals surface area (Å²) in [5.74, 6) is -0.267. The molecule has 17 heavy (non-hydrogen) atoms. The van der Waals surface area contributed by atoms with Crippen LogP contribution in [0.25, 0.3) is 0 Å². The normalized spacial score (nSPS) is 12.5. The lowest BCUT2D eigenvalue weighted by atomic mass is 10.2. The Hall–Kier alpha value is -1.52. The van der Waals surface area contributed by atoms with Gasteiger partial charge in [0, 0.05) is 0 Å². The number of esters is 1. The zero-order valence-electron chi connectivity index (χ0n) is 11.0. The first-order chi connectivity index (χ1) is 7.95. The Kier molecular flexibility index (Phi) is 4.54. The zero-order chi connectivity index (χ0) is 13.0. The summed E-state index contributed by atoms with van der Waals surface area (Å²) in [7, 11) is 0. The van der Waals surface area contributed by atoms with Gasteiger partial charge in [0.25, 0.3) is 0 Å². The standard InChI is InChI=1S/C12H21N3O2/c1-5-6-8(2)17-11(16)7-15-10(4)12(13)9(3)14-15/h8H,5-7,13H2,1-4H3. The van der Waals surface area contributed by atoms with E-state index in [4.69, 9.17) is 10.5 Å². The maximum atomic E-state index is 11.6. The van der Waals surface area contributed by atoms with Crippen LogP contribution >= 0.6 is 0 Å². The van der Waals surface area contributed by atoms with E-state index in [2.05, 4.69) is 12.0 Å². The highest BCUT2D eigenvalue weighted by molar-refractivity contribution is 5.69. The van der Waals surface area contributed by atoms with Gasteiger partial charge < -0.3 is 10.5 Å². The largest absolute Gasteiger partial charge is 0.461 e. The quantitative estimate of drug-likeness (QED) is 0.796. The average Bonchev–Trinajstić information content (AvgIpc) is 2.46. The van der Waals surface area contributed by atoms with E-state index >= 15 is 0 Å². The fraction of sp³-hybridized carbons (Fsp3) is 0.667. The van der Waals surface area contributed by atoms with Crippen LogP contribution in [-0.4, -0.2) is 21.9 Å². The number of carbonyl (C=O) groups is 1. The molecular formula is C12H21N3O2. The minimum Gasteiger partial charge on any atom is -0.461 e. The van der Waals surface area contributed by atoms with Crippen LogP contribution in [-0.2, 0) is 16.1 Å². The van der Waals surface area contributed by atoms with Crippen molar-refractivity contribution in [2.24, 2.45) is 0 Å². The lowest BCUT2D eigenvalue weighted by molar-refractivity contribution is -0.149. The molecule has 0 saturated heterocycles. The number of hydrogen-bond acceptors (Lipinski definition) is 4. The van der Waals surface area contributed by atoms with Gasteiger partial charge in [-0.1, -0.05) is 13.3 Å². The van der Waals surface area contributed by atoms with Crippen LogP contribution in [0.5, 0.6) is 0 Å². The third-order valence-electron chi connectivity index (χ3n) is 2.74. The summed E-state index contributed by atoms with van der Waals surface area (Å²) >= 11 is 0. The summed E-state index contributed by atoms with van der Waals surface area (Å²) in [6.45, 7) is 7.75. The Labute approximate surface area is 102 Å². The summed E-state index contributed by atoms with van der Waals surface area (Å²) in [6.07, 6.45) is 1.84. The number of ether oxygens (including phenoxy) is 1. The summed E-state index contributed by atoms with van der Waals surface area (Å²) in [4.78, 5) is 11.6. The maximum absolute atomic E-state index is 11.6. The molecule has 1 unspecified atom stereocenters. The zero-order valence-corrected chi connectivity index (χ0v) is 11.0. The van der Waals surface area contributed by atoms with Crippen molar-refractivity contribution in [2.75, 3.05) is 5.73 Å². The molecule has 0 spiro atoms. The van der Waals surface area contributed by atoms with Gasteiger partial charge in [0.1, 0.15) is 6.54 Å². The maximum Gasteiger partial charge on any atom is 0.328 e. The molecule has 1 aromatic rings. The molecule has 2 N–H and O–H groups in total. The van der Waals surface area contributed by atoms with Crippen molar-refractivity contribution in [2.45, 2.75) is 53.2 Å². The van der Waals surface area contributed by atoms with Crippen molar-refractivity contribution in [3.8, 4) is 0 Å². The lowest BCUT2D eigenvalue weighted by Gasteiger charge is -2.12. The monoisotopic (exact) mass is 239 g/mol.